The number of ether oxygens (including phenoxy) is 1. The second kappa shape index (κ2) is 5.99. The van der Waals surface area contributed by atoms with Gasteiger partial charge in [0, 0.05) is 26.2 Å². The van der Waals surface area contributed by atoms with Crippen LogP contribution >= 0.6 is 0 Å². The number of aromatic nitrogens is 1. The standard InChI is InChI=1S/C13H20N4O2/c1-19-10-5-6-17(9(7-10)8-14)12-4-2-3-11(16-12)13(15)18/h2-4,9-10H,5-8,14H2,1H3,(H2,15,18). The lowest BCUT2D eigenvalue weighted by Gasteiger charge is -2.39. The molecule has 0 radical (unpaired) electrons. The van der Waals surface area contributed by atoms with Gasteiger partial charge in [-0.25, -0.2) is 4.98 Å². The van der Waals surface area contributed by atoms with Gasteiger partial charge in [0.15, 0.2) is 0 Å². The van der Waals surface area contributed by atoms with Crippen LogP contribution in [0.2, 0.25) is 0 Å². The summed E-state index contributed by atoms with van der Waals surface area (Å²) < 4.78 is 5.39. The minimum absolute atomic E-state index is 0.175. The Morgan fingerprint density at radius 2 is 2.37 bits per heavy atom. The normalized spacial score (nSPS) is 23.4. The first-order valence-electron chi connectivity index (χ1n) is 6.42. The highest BCUT2D eigenvalue weighted by molar-refractivity contribution is 5.91. The molecule has 6 nitrogen and oxygen atoms in total. The molecule has 1 aliphatic heterocycles. The van der Waals surface area contributed by atoms with Gasteiger partial charge in [-0.3, -0.25) is 4.79 Å². The zero-order valence-corrected chi connectivity index (χ0v) is 11.1. The van der Waals surface area contributed by atoms with Gasteiger partial charge in [0.1, 0.15) is 11.5 Å². The van der Waals surface area contributed by atoms with Crippen molar-refractivity contribution in [2.75, 3.05) is 25.1 Å². The van der Waals surface area contributed by atoms with E-state index in [1.807, 2.05) is 6.07 Å². The van der Waals surface area contributed by atoms with Crippen LogP contribution in [0, 0.1) is 0 Å². The van der Waals surface area contributed by atoms with Crippen molar-refractivity contribution >= 4 is 11.7 Å². The van der Waals surface area contributed by atoms with Crippen LogP contribution in [-0.2, 0) is 4.74 Å². The molecular formula is C13H20N4O2. The lowest BCUT2D eigenvalue weighted by molar-refractivity contribution is 0.0707. The Morgan fingerprint density at radius 3 is 3.00 bits per heavy atom. The van der Waals surface area contributed by atoms with Crippen molar-refractivity contribution in [3.63, 3.8) is 0 Å². The van der Waals surface area contributed by atoms with Crippen LogP contribution in [0.5, 0.6) is 0 Å². The van der Waals surface area contributed by atoms with E-state index in [2.05, 4.69) is 9.88 Å². The van der Waals surface area contributed by atoms with Gasteiger partial charge in [0.25, 0.3) is 5.91 Å². The van der Waals surface area contributed by atoms with Crippen LogP contribution in [0.1, 0.15) is 23.3 Å². The number of anilines is 1. The molecule has 1 fully saturated rings. The number of primary amides is 1. The third-order valence-electron chi connectivity index (χ3n) is 3.55. The summed E-state index contributed by atoms with van der Waals surface area (Å²) in [6.45, 7) is 1.35. The first-order chi connectivity index (χ1) is 9.15. The summed E-state index contributed by atoms with van der Waals surface area (Å²) in [6, 6.07) is 5.46. The first-order valence-corrected chi connectivity index (χ1v) is 6.42. The molecular weight excluding hydrogens is 244 g/mol. The number of piperidine rings is 1. The van der Waals surface area contributed by atoms with Gasteiger partial charge in [0.2, 0.25) is 0 Å². The van der Waals surface area contributed by atoms with Crippen molar-refractivity contribution in [1.82, 2.24) is 4.98 Å². The van der Waals surface area contributed by atoms with E-state index in [1.165, 1.54) is 0 Å². The van der Waals surface area contributed by atoms with Gasteiger partial charge >= 0.3 is 0 Å². The van der Waals surface area contributed by atoms with Crippen molar-refractivity contribution in [2.24, 2.45) is 11.5 Å². The number of nitrogens with two attached hydrogens (primary N) is 2. The number of hydrogen-bond acceptors (Lipinski definition) is 5. The van der Waals surface area contributed by atoms with Crippen molar-refractivity contribution in [2.45, 2.75) is 25.0 Å². The van der Waals surface area contributed by atoms with Gasteiger partial charge in [-0.05, 0) is 25.0 Å². The van der Waals surface area contributed by atoms with E-state index in [1.54, 1.807) is 19.2 Å². The highest BCUT2D eigenvalue weighted by atomic mass is 16.5. The van der Waals surface area contributed by atoms with E-state index in [4.69, 9.17) is 16.2 Å². The molecule has 0 aliphatic carbocycles. The first kappa shape index (κ1) is 13.8. The van der Waals surface area contributed by atoms with Crippen molar-refractivity contribution in [1.29, 1.82) is 0 Å². The van der Waals surface area contributed by atoms with Gasteiger partial charge < -0.3 is 21.1 Å². The largest absolute Gasteiger partial charge is 0.381 e. The molecule has 0 saturated carbocycles. The second-order valence-corrected chi connectivity index (χ2v) is 4.71. The van der Waals surface area contributed by atoms with E-state index >= 15 is 0 Å². The van der Waals surface area contributed by atoms with Gasteiger partial charge in [-0.1, -0.05) is 6.07 Å². The zero-order chi connectivity index (χ0) is 13.8. The van der Waals surface area contributed by atoms with Crippen LogP contribution in [0.3, 0.4) is 0 Å². The summed E-state index contributed by atoms with van der Waals surface area (Å²) in [4.78, 5) is 17.6. The maximum absolute atomic E-state index is 11.2. The number of carbonyl (C=O) groups excluding carboxylic acids is 1. The fourth-order valence-corrected chi connectivity index (χ4v) is 2.47. The van der Waals surface area contributed by atoms with E-state index in [9.17, 15) is 4.79 Å². The topological polar surface area (TPSA) is 94.5 Å². The summed E-state index contributed by atoms with van der Waals surface area (Å²) in [6.07, 6.45) is 2.04. The SMILES string of the molecule is COC1CCN(c2cccc(C(N)=O)n2)C(CN)C1. The molecule has 1 aliphatic rings. The molecule has 2 heterocycles. The molecule has 1 aromatic heterocycles. The zero-order valence-electron chi connectivity index (χ0n) is 11.1. The lowest BCUT2D eigenvalue weighted by Crippen LogP contribution is -2.49. The second-order valence-electron chi connectivity index (χ2n) is 4.71. The number of methoxy groups -OCH3 is 1. The third-order valence-corrected chi connectivity index (χ3v) is 3.55. The Balaban J connectivity index is 2.20. The molecule has 104 valence electrons. The van der Waals surface area contributed by atoms with Crippen LogP contribution in [0.15, 0.2) is 18.2 Å². The molecule has 1 aromatic rings. The van der Waals surface area contributed by atoms with Crippen molar-refractivity contribution in [3.8, 4) is 0 Å². The molecule has 0 aromatic carbocycles. The van der Waals surface area contributed by atoms with Crippen molar-refractivity contribution < 1.29 is 9.53 Å². The quantitative estimate of drug-likeness (QED) is 0.805. The van der Waals surface area contributed by atoms with E-state index in [0.717, 1.165) is 25.2 Å². The Bertz CT molecular complexity index is 452. The Labute approximate surface area is 112 Å². The predicted molar refractivity (Wildman–Crippen MR) is 73.0 cm³/mol. The number of amides is 1. The number of rotatable bonds is 4. The molecule has 19 heavy (non-hydrogen) atoms. The van der Waals surface area contributed by atoms with Gasteiger partial charge in [0.05, 0.1) is 6.10 Å². The highest BCUT2D eigenvalue weighted by Gasteiger charge is 2.28. The maximum Gasteiger partial charge on any atom is 0.267 e. The van der Waals surface area contributed by atoms with Crippen LogP contribution in [0.25, 0.3) is 0 Å². The molecule has 2 rings (SSSR count). The summed E-state index contributed by atoms with van der Waals surface area (Å²) in [5.74, 6) is 0.235. The van der Waals surface area contributed by atoms with Crippen LogP contribution in [0.4, 0.5) is 5.82 Å². The molecule has 1 amide bonds. The minimum atomic E-state index is -0.516. The average molecular weight is 264 g/mol. The Kier molecular flexibility index (Phi) is 4.34. The summed E-state index contributed by atoms with van der Waals surface area (Å²) in [7, 11) is 1.72. The monoisotopic (exact) mass is 264 g/mol. The summed E-state index contributed by atoms with van der Waals surface area (Å²) in [5, 5.41) is 0. The van der Waals surface area contributed by atoms with E-state index in [-0.39, 0.29) is 17.8 Å². The smallest absolute Gasteiger partial charge is 0.267 e. The summed E-state index contributed by atoms with van der Waals surface area (Å²) >= 11 is 0. The number of carbonyl (C=O) groups is 1. The van der Waals surface area contributed by atoms with Crippen molar-refractivity contribution in [3.05, 3.63) is 23.9 Å². The molecule has 6 heteroatoms. The van der Waals surface area contributed by atoms with Gasteiger partial charge in [-0.15, -0.1) is 0 Å². The molecule has 2 atom stereocenters. The number of pyridine rings is 1. The van der Waals surface area contributed by atoms with E-state index in [0.29, 0.717) is 6.54 Å². The molecule has 4 N–H and O–H groups in total. The number of nitrogens with zero attached hydrogens (tertiary/aromatic N) is 2. The fraction of sp³-hybridized carbons (Fsp3) is 0.538. The minimum Gasteiger partial charge on any atom is -0.381 e. The highest BCUT2D eigenvalue weighted by Crippen LogP contribution is 2.24. The lowest BCUT2D eigenvalue weighted by atomic mass is 9.99. The number of hydrogen-bond donors (Lipinski definition) is 2. The average Bonchev–Trinajstić information content (AvgIpc) is 2.46. The summed E-state index contributed by atoms with van der Waals surface area (Å²) in [5.41, 5.74) is 11.4. The van der Waals surface area contributed by atoms with Gasteiger partial charge in [-0.2, -0.15) is 0 Å². The fourth-order valence-electron chi connectivity index (χ4n) is 2.47. The van der Waals surface area contributed by atoms with E-state index < -0.39 is 5.91 Å². The Hall–Kier alpha value is -1.66. The van der Waals surface area contributed by atoms with Crippen LogP contribution < -0.4 is 16.4 Å². The molecule has 1 saturated heterocycles. The van der Waals surface area contributed by atoms with Crippen LogP contribution in [-0.4, -0.2) is 43.2 Å². The Morgan fingerprint density at radius 1 is 1.58 bits per heavy atom. The third kappa shape index (κ3) is 3.02. The maximum atomic E-state index is 11.2. The predicted octanol–water partition coefficient (Wildman–Crippen LogP) is 0.123. The molecule has 0 bridgehead atoms. The molecule has 0 spiro atoms. The molecule has 2 unspecified atom stereocenters.